The molecule has 0 aromatic heterocycles. The second kappa shape index (κ2) is 26.9. The molecule has 5 N–H and O–H groups in total. The number of ether oxygens (including phenoxy) is 1. The van der Waals surface area contributed by atoms with Crippen LogP contribution in [0, 0.1) is 11.8 Å². The summed E-state index contributed by atoms with van der Waals surface area (Å²) in [7, 11) is 0. The minimum absolute atomic E-state index is 0.0207. The number of benzene rings is 4. The molecule has 0 aliphatic carbocycles. The Morgan fingerprint density at radius 2 is 1.55 bits per heavy atom. The van der Waals surface area contributed by atoms with E-state index in [0.717, 1.165) is 54.9 Å². The molecule has 4 heterocycles. The Morgan fingerprint density at radius 1 is 0.850 bits per heavy atom. The summed E-state index contributed by atoms with van der Waals surface area (Å²) in [5.41, 5.74) is 10.3. The van der Waals surface area contributed by atoms with Crippen molar-refractivity contribution in [3.63, 3.8) is 0 Å². The fraction of sp³-hybridized carbons (Fsp3) is 0.429. The molecule has 4 aliphatic heterocycles. The fourth-order valence-corrected chi connectivity index (χ4v) is 11.4. The minimum atomic E-state index is -3.04. The smallest absolute Gasteiger partial charge is 0.270 e. The highest BCUT2D eigenvalue weighted by Gasteiger charge is 2.46. The van der Waals surface area contributed by atoms with Crippen LogP contribution in [0.4, 0.5) is 8.78 Å². The molecule has 0 spiro atoms. The predicted molar refractivity (Wildman–Crippen MR) is 296 cm³/mol. The molecule has 420 valence electrons. The maximum absolute atomic E-state index is 14.8. The number of rotatable bonds is 22. The van der Waals surface area contributed by atoms with E-state index in [1.54, 1.807) is 24.0 Å². The Bertz CT molecular complexity index is 2990. The third-order valence-electron chi connectivity index (χ3n) is 15.7. The van der Waals surface area contributed by atoms with Crippen LogP contribution in [-0.4, -0.2) is 99.9 Å². The standard InChI is InChI=1S/C63H70F2N6O9/c1-40(41-23-25-45(26-24-41)63(2,64)65)36-58(75)67-52-29-28-47(80-35-14-6-4-3-5-9-20-44-21-15-22-48-50(44)39-70(61(48)78)53-32-34-57(74)69-59(53)76)37-46-27-31-54(71(46)62(52)79)60(77)68-51(30-33-56(66)73)55(72)38-49(42-16-10-7-11-17-42)43-18-12-8-13-19-43/h7-8,10-13,15-19,21-26,36,46-47,49,51-54H,3-6,14,27-35,37-39H2,1-2H3,(H2,66,73)(H,67,75)(H,68,77)(H,69,74,76)/b40-36+/t46-,47-,51+,52+,53?,54+/m1/s1. The first-order chi connectivity index (χ1) is 38.4. The second-order valence-corrected chi connectivity index (χ2v) is 21.5. The van der Waals surface area contributed by atoms with Crippen LogP contribution >= 0.6 is 0 Å². The van der Waals surface area contributed by atoms with Crippen LogP contribution in [0.2, 0.25) is 0 Å². The molecule has 6 atom stereocenters. The zero-order valence-electron chi connectivity index (χ0n) is 45.4. The molecule has 1 unspecified atom stereocenters. The molecule has 3 fully saturated rings. The summed E-state index contributed by atoms with van der Waals surface area (Å²) in [5, 5.41) is 8.15. The summed E-state index contributed by atoms with van der Waals surface area (Å²) in [5.74, 6) is -0.454. The average Bonchev–Trinajstić information content (AvgIpc) is 4.03. The molecule has 80 heavy (non-hydrogen) atoms. The summed E-state index contributed by atoms with van der Waals surface area (Å²) in [6.45, 7) is 3.17. The van der Waals surface area contributed by atoms with Gasteiger partial charge < -0.3 is 30.9 Å². The number of alkyl halides is 2. The van der Waals surface area contributed by atoms with Gasteiger partial charge in [0.1, 0.15) is 18.1 Å². The van der Waals surface area contributed by atoms with Gasteiger partial charge >= 0.3 is 0 Å². The van der Waals surface area contributed by atoms with E-state index >= 15 is 0 Å². The third kappa shape index (κ3) is 14.9. The van der Waals surface area contributed by atoms with Crippen molar-refractivity contribution in [3.8, 4) is 11.8 Å². The number of ketones is 1. The van der Waals surface area contributed by atoms with Crippen LogP contribution in [0.3, 0.4) is 0 Å². The SMILES string of the molecule is C/C(=C\C(=O)N[C@H]1CC[C@@H](OCCCCCCC#Cc2cccc3c2CN(C2CCC(=O)NC2=O)C3=O)C[C@H]2CC[C@@H](C(=O)N[C@@H](CCC(N)=O)C(=O)CC(c3ccccc3)c3ccccc3)N2C1=O)c1ccc(C(C)(F)F)cc1. The number of halogens is 2. The Hall–Kier alpha value is -7.84. The van der Waals surface area contributed by atoms with Gasteiger partial charge in [0.15, 0.2) is 5.78 Å². The number of imide groups is 1. The van der Waals surface area contributed by atoms with E-state index < -0.39 is 65.7 Å². The molecule has 4 aliphatic rings. The zero-order valence-corrected chi connectivity index (χ0v) is 45.4. The first kappa shape index (κ1) is 58.3. The van der Waals surface area contributed by atoms with Crippen molar-refractivity contribution in [2.24, 2.45) is 5.73 Å². The lowest BCUT2D eigenvalue weighted by molar-refractivity contribution is -0.145. The fourth-order valence-electron chi connectivity index (χ4n) is 11.4. The van der Waals surface area contributed by atoms with Gasteiger partial charge in [-0.3, -0.25) is 43.7 Å². The highest BCUT2D eigenvalue weighted by Crippen LogP contribution is 2.35. The van der Waals surface area contributed by atoms with Gasteiger partial charge in [0.2, 0.25) is 35.4 Å². The lowest BCUT2D eigenvalue weighted by atomic mass is 9.85. The van der Waals surface area contributed by atoms with Crippen molar-refractivity contribution in [1.82, 2.24) is 25.8 Å². The van der Waals surface area contributed by atoms with E-state index in [1.165, 1.54) is 35.2 Å². The van der Waals surface area contributed by atoms with Crippen LogP contribution in [-0.2, 0) is 50.8 Å². The van der Waals surface area contributed by atoms with Crippen molar-refractivity contribution in [2.45, 2.75) is 165 Å². The number of piperidine rings is 1. The molecule has 3 saturated heterocycles. The molecule has 4 aromatic rings. The Labute approximate surface area is 465 Å². The molecular formula is C63H70F2N6O9. The number of hydrogen-bond acceptors (Lipinski definition) is 9. The molecule has 0 saturated carbocycles. The number of carbonyl (C=O) groups is 8. The van der Waals surface area contributed by atoms with Gasteiger partial charge in [0, 0.05) is 80.5 Å². The minimum Gasteiger partial charge on any atom is -0.378 e. The van der Waals surface area contributed by atoms with Crippen molar-refractivity contribution in [1.29, 1.82) is 0 Å². The van der Waals surface area contributed by atoms with E-state index in [2.05, 4.69) is 27.8 Å². The zero-order chi connectivity index (χ0) is 56.9. The van der Waals surface area contributed by atoms with Gasteiger partial charge in [-0.1, -0.05) is 116 Å². The number of hydrogen-bond donors (Lipinski definition) is 4. The number of unbranched alkanes of at least 4 members (excludes halogenated alkanes) is 4. The first-order valence-electron chi connectivity index (χ1n) is 27.8. The van der Waals surface area contributed by atoms with Crippen LogP contribution in [0.5, 0.6) is 0 Å². The summed E-state index contributed by atoms with van der Waals surface area (Å²) in [4.78, 5) is 110. The van der Waals surface area contributed by atoms with Crippen molar-refractivity contribution in [3.05, 3.63) is 148 Å². The van der Waals surface area contributed by atoms with E-state index in [1.807, 2.05) is 66.7 Å². The number of nitrogens with one attached hydrogen (secondary N) is 3. The Kier molecular flexibility index (Phi) is 19.6. The quantitative estimate of drug-likeness (QED) is 0.0260. The summed E-state index contributed by atoms with van der Waals surface area (Å²) < 4.78 is 34.5. The van der Waals surface area contributed by atoms with Gasteiger partial charge in [0.25, 0.3) is 11.8 Å². The number of fused-ring (bicyclic) bond motifs is 2. The topological polar surface area (TPSA) is 214 Å². The van der Waals surface area contributed by atoms with Crippen LogP contribution in [0.1, 0.15) is 160 Å². The van der Waals surface area contributed by atoms with Gasteiger partial charge in [-0.05, 0) is 105 Å². The Morgan fingerprint density at radius 3 is 2.23 bits per heavy atom. The molecule has 8 rings (SSSR count). The van der Waals surface area contributed by atoms with Gasteiger partial charge in [-0.25, -0.2) is 8.78 Å². The highest BCUT2D eigenvalue weighted by molar-refractivity contribution is 6.06. The molecular weight excluding hydrogens is 1020 g/mol. The number of allylic oxidation sites excluding steroid dienone is 1. The lowest BCUT2D eigenvalue weighted by Gasteiger charge is -2.37. The largest absolute Gasteiger partial charge is 0.378 e. The van der Waals surface area contributed by atoms with E-state index in [4.69, 9.17) is 10.5 Å². The monoisotopic (exact) mass is 1090 g/mol. The lowest BCUT2D eigenvalue weighted by Crippen LogP contribution is -2.58. The normalized spacial score (nSPS) is 20.7. The molecule has 4 aromatic carbocycles. The van der Waals surface area contributed by atoms with Crippen LogP contribution < -0.4 is 21.7 Å². The number of Topliss-reactive ketones (excluding diaryl/α,β-unsaturated/α-hetero) is 1. The van der Waals surface area contributed by atoms with E-state index in [0.29, 0.717) is 49.0 Å². The summed E-state index contributed by atoms with van der Waals surface area (Å²) in [6, 6.07) is 25.9. The number of nitrogens with zero attached hydrogens (tertiary/aromatic N) is 2. The van der Waals surface area contributed by atoms with Crippen molar-refractivity contribution < 1.29 is 51.9 Å². The number of primary amides is 1. The van der Waals surface area contributed by atoms with Gasteiger partial charge in [-0.15, -0.1) is 0 Å². The number of nitrogens with two attached hydrogens (primary N) is 1. The number of carbonyl (C=O) groups excluding carboxylic acids is 8. The van der Waals surface area contributed by atoms with Crippen molar-refractivity contribution in [2.75, 3.05) is 6.61 Å². The van der Waals surface area contributed by atoms with Crippen LogP contribution in [0.25, 0.3) is 5.57 Å². The average molecular weight is 1090 g/mol. The van der Waals surface area contributed by atoms with Gasteiger partial charge in [0.05, 0.1) is 12.1 Å². The summed E-state index contributed by atoms with van der Waals surface area (Å²) >= 11 is 0. The van der Waals surface area contributed by atoms with Crippen LogP contribution in [0.15, 0.2) is 109 Å². The predicted octanol–water partition coefficient (Wildman–Crippen LogP) is 7.92. The van der Waals surface area contributed by atoms with E-state index in [9.17, 15) is 47.1 Å². The molecule has 0 radical (unpaired) electrons. The third-order valence-corrected chi connectivity index (χ3v) is 15.7. The number of amides is 7. The molecule has 0 bridgehead atoms. The molecule has 7 amide bonds. The Balaban J connectivity index is 0.910. The molecule has 15 nitrogen and oxygen atoms in total. The highest BCUT2D eigenvalue weighted by atomic mass is 19.3. The molecule has 17 heteroatoms. The second-order valence-electron chi connectivity index (χ2n) is 21.5. The maximum atomic E-state index is 14.8. The first-order valence-corrected chi connectivity index (χ1v) is 27.8. The van der Waals surface area contributed by atoms with E-state index in [-0.39, 0.29) is 86.7 Å². The summed E-state index contributed by atoms with van der Waals surface area (Å²) in [6.07, 6.45) is 7.07. The van der Waals surface area contributed by atoms with Gasteiger partial charge in [-0.2, -0.15) is 0 Å². The van der Waals surface area contributed by atoms with Crippen molar-refractivity contribution >= 4 is 52.7 Å². The maximum Gasteiger partial charge on any atom is 0.270 e.